The number of hydrogen-bond acceptors (Lipinski definition) is 4. The van der Waals surface area contributed by atoms with E-state index in [2.05, 4.69) is 33.1 Å². The number of nitrogens with zero attached hydrogens (tertiary/aromatic N) is 2. The summed E-state index contributed by atoms with van der Waals surface area (Å²) in [7, 11) is 0. The molecule has 1 atom stereocenters. The molecule has 1 unspecified atom stereocenters. The number of thioether (sulfide) groups is 1. The number of benzene rings is 2. The monoisotopic (exact) mass is 541 g/mol. The minimum atomic E-state index is -0.141. The number of likely N-dealkylation sites (tertiary alicyclic amines) is 1. The maximum absolute atomic E-state index is 13.4. The van der Waals surface area contributed by atoms with Crippen LogP contribution in [0.2, 0.25) is 0 Å². The van der Waals surface area contributed by atoms with Gasteiger partial charge in [-0.2, -0.15) is 0 Å². The molecule has 2 aromatic rings. The maximum atomic E-state index is 13.4. The second-order valence-electron chi connectivity index (χ2n) is 8.82. The Labute approximate surface area is 215 Å². The fourth-order valence-electron chi connectivity index (χ4n) is 4.69. The van der Waals surface area contributed by atoms with E-state index >= 15 is 0 Å². The molecule has 1 fully saturated rings. The van der Waals surface area contributed by atoms with Crippen LogP contribution in [0.15, 0.2) is 62.8 Å². The Morgan fingerprint density at radius 2 is 2.06 bits per heavy atom. The second kappa shape index (κ2) is 12.0. The van der Waals surface area contributed by atoms with Gasteiger partial charge in [0.15, 0.2) is 0 Å². The first-order valence-electron chi connectivity index (χ1n) is 12.1. The molecule has 2 aliphatic heterocycles. The normalized spacial score (nSPS) is 19.8. The van der Waals surface area contributed by atoms with Crippen LogP contribution >= 0.6 is 27.7 Å². The lowest BCUT2D eigenvalue weighted by Gasteiger charge is -2.35. The van der Waals surface area contributed by atoms with Crippen LogP contribution in [-0.2, 0) is 9.59 Å². The summed E-state index contributed by atoms with van der Waals surface area (Å²) >= 11 is 4.94. The van der Waals surface area contributed by atoms with Gasteiger partial charge < -0.3 is 10.2 Å². The third-order valence-corrected chi connectivity index (χ3v) is 8.02. The summed E-state index contributed by atoms with van der Waals surface area (Å²) in [6.45, 7) is 5.09. The highest BCUT2D eigenvalue weighted by Gasteiger charge is 2.30. The number of fused-ring (bicyclic) bond motifs is 1. The number of para-hydroxylation sites is 1. The topological polar surface area (TPSA) is 52.7 Å². The maximum Gasteiger partial charge on any atom is 0.265 e. The van der Waals surface area contributed by atoms with Crippen molar-refractivity contribution in [2.24, 2.45) is 0 Å². The number of anilines is 1. The smallest absolute Gasteiger partial charge is 0.265 e. The van der Waals surface area contributed by atoms with Gasteiger partial charge in [-0.3, -0.25) is 14.5 Å². The first-order chi connectivity index (χ1) is 16.5. The Morgan fingerprint density at radius 3 is 2.88 bits per heavy atom. The summed E-state index contributed by atoms with van der Waals surface area (Å²) in [5, 5.41) is 3.03. The summed E-state index contributed by atoms with van der Waals surface area (Å²) in [5.74, 6) is -0.263. The summed E-state index contributed by atoms with van der Waals surface area (Å²) in [4.78, 5) is 31.9. The van der Waals surface area contributed by atoms with Crippen LogP contribution in [-0.4, -0.2) is 48.9 Å². The van der Waals surface area contributed by atoms with Gasteiger partial charge in [-0.1, -0.05) is 65.3 Å². The molecule has 7 heteroatoms. The Bertz CT molecular complexity index is 1060. The number of halogens is 1. The minimum absolute atomic E-state index is 0.0214. The molecule has 0 saturated carbocycles. The molecule has 4 rings (SSSR count). The van der Waals surface area contributed by atoms with Crippen molar-refractivity contribution in [2.45, 2.75) is 50.0 Å². The van der Waals surface area contributed by atoms with Crippen LogP contribution in [0.5, 0.6) is 0 Å². The minimum Gasteiger partial charge on any atom is -0.355 e. The summed E-state index contributed by atoms with van der Waals surface area (Å²) in [5.41, 5.74) is 1.73. The Hall–Kier alpha value is -2.09. The Balaban J connectivity index is 1.38. The van der Waals surface area contributed by atoms with E-state index in [1.54, 1.807) is 4.90 Å². The zero-order valence-corrected chi connectivity index (χ0v) is 22.0. The quantitative estimate of drug-likeness (QED) is 0.344. The van der Waals surface area contributed by atoms with E-state index in [9.17, 15) is 9.59 Å². The predicted octanol–water partition coefficient (Wildman–Crippen LogP) is 5.70. The molecule has 2 heterocycles. The number of hydrogen-bond donors (Lipinski definition) is 1. The van der Waals surface area contributed by atoms with E-state index in [1.807, 2.05) is 54.6 Å². The van der Waals surface area contributed by atoms with Gasteiger partial charge in [-0.25, -0.2) is 0 Å². The predicted molar refractivity (Wildman–Crippen MR) is 144 cm³/mol. The van der Waals surface area contributed by atoms with Gasteiger partial charge in [-0.05, 0) is 68.1 Å². The van der Waals surface area contributed by atoms with Crippen molar-refractivity contribution in [3.05, 3.63) is 63.5 Å². The van der Waals surface area contributed by atoms with Crippen LogP contribution in [0.4, 0.5) is 5.69 Å². The van der Waals surface area contributed by atoms with E-state index in [0.29, 0.717) is 17.5 Å². The number of carbonyl (C=O) groups is 2. The van der Waals surface area contributed by atoms with Gasteiger partial charge in [-0.15, -0.1) is 0 Å². The third kappa shape index (κ3) is 6.32. The van der Waals surface area contributed by atoms with Crippen LogP contribution < -0.4 is 10.2 Å². The highest BCUT2D eigenvalue weighted by molar-refractivity contribution is 9.10. The lowest BCUT2D eigenvalue weighted by atomic mass is 10.00. The first-order valence-corrected chi connectivity index (χ1v) is 13.7. The lowest BCUT2D eigenvalue weighted by molar-refractivity contribution is -0.122. The van der Waals surface area contributed by atoms with Crippen molar-refractivity contribution in [3.63, 3.8) is 0 Å². The molecule has 0 aromatic heterocycles. The van der Waals surface area contributed by atoms with E-state index in [4.69, 9.17) is 0 Å². The SMILES string of the molecule is CCC1CCCCN1CCCNC(=O)CN1C(=O)/C(=C/c2cccc(Br)c2)Sc2ccccc21. The fourth-order valence-corrected chi connectivity index (χ4v) is 6.17. The lowest BCUT2D eigenvalue weighted by Crippen LogP contribution is -2.44. The molecule has 2 aromatic carbocycles. The van der Waals surface area contributed by atoms with E-state index in [1.165, 1.54) is 37.4 Å². The van der Waals surface area contributed by atoms with Gasteiger partial charge in [0, 0.05) is 28.5 Å². The van der Waals surface area contributed by atoms with Crippen molar-refractivity contribution in [2.75, 3.05) is 31.1 Å². The molecule has 0 spiro atoms. The molecule has 5 nitrogen and oxygen atoms in total. The van der Waals surface area contributed by atoms with E-state index < -0.39 is 0 Å². The van der Waals surface area contributed by atoms with Crippen molar-refractivity contribution in [1.82, 2.24) is 10.2 Å². The Morgan fingerprint density at radius 1 is 1.21 bits per heavy atom. The van der Waals surface area contributed by atoms with Gasteiger partial charge in [0.2, 0.25) is 5.91 Å². The molecular weight excluding hydrogens is 510 g/mol. The molecule has 2 aliphatic rings. The molecule has 0 bridgehead atoms. The van der Waals surface area contributed by atoms with Gasteiger partial charge in [0.1, 0.15) is 6.54 Å². The molecule has 2 amide bonds. The largest absolute Gasteiger partial charge is 0.355 e. The molecule has 180 valence electrons. The van der Waals surface area contributed by atoms with Crippen LogP contribution in [0.3, 0.4) is 0 Å². The highest BCUT2D eigenvalue weighted by atomic mass is 79.9. The third-order valence-electron chi connectivity index (χ3n) is 6.44. The molecule has 0 radical (unpaired) electrons. The van der Waals surface area contributed by atoms with Crippen molar-refractivity contribution >= 4 is 51.3 Å². The van der Waals surface area contributed by atoms with Crippen molar-refractivity contribution < 1.29 is 9.59 Å². The molecule has 34 heavy (non-hydrogen) atoms. The second-order valence-corrected chi connectivity index (χ2v) is 10.8. The van der Waals surface area contributed by atoms with Gasteiger partial charge >= 0.3 is 0 Å². The number of piperidine rings is 1. The number of nitrogens with one attached hydrogen (secondary N) is 1. The molecular formula is C27H32BrN3O2S. The number of carbonyl (C=O) groups excluding carboxylic acids is 2. The summed E-state index contributed by atoms with van der Waals surface area (Å²) in [6, 6.07) is 16.3. The van der Waals surface area contributed by atoms with Crippen molar-refractivity contribution in [1.29, 1.82) is 0 Å². The first kappa shape index (κ1) is 25.0. The van der Waals surface area contributed by atoms with Crippen LogP contribution in [0, 0.1) is 0 Å². The highest BCUT2D eigenvalue weighted by Crippen LogP contribution is 2.42. The zero-order valence-electron chi connectivity index (χ0n) is 19.6. The van der Waals surface area contributed by atoms with Crippen molar-refractivity contribution in [3.8, 4) is 0 Å². The zero-order chi connectivity index (χ0) is 23.9. The number of amides is 2. The van der Waals surface area contributed by atoms with Crippen LogP contribution in [0.25, 0.3) is 6.08 Å². The standard InChI is InChI=1S/C27H32BrN3O2S/c1-2-22-11-5-6-15-30(22)16-8-14-29-26(32)19-31-23-12-3-4-13-24(23)34-25(27(31)33)18-20-9-7-10-21(28)17-20/h3-4,7,9-10,12-13,17-18,22H,2,5-6,8,11,14-16,19H2,1H3,(H,29,32)/b25-18-. The van der Waals surface area contributed by atoms with E-state index in [0.717, 1.165) is 40.1 Å². The van der Waals surface area contributed by atoms with Gasteiger partial charge in [0.25, 0.3) is 5.91 Å². The summed E-state index contributed by atoms with van der Waals surface area (Å²) in [6.07, 6.45) is 7.89. The molecule has 1 saturated heterocycles. The van der Waals surface area contributed by atoms with Crippen LogP contribution in [0.1, 0.15) is 44.6 Å². The van der Waals surface area contributed by atoms with Gasteiger partial charge in [0.05, 0.1) is 10.6 Å². The molecule has 0 aliphatic carbocycles. The molecule has 1 N–H and O–H groups in total. The number of rotatable bonds is 8. The van der Waals surface area contributed by atoms with E-state index in [-0.39, 0.29) is 18.4 Å². The fraction of sp³-hybridized carbons (Fsp3) is 0.407. The average Bonchev–Trinajstić information content (AvgIpc) is 2.84. The summed E-state index contributed by atoms with van der Waals surface area (Å²) < 4.78 is 0.960. The average molecular weight is 543 g/mol. The Kier molecular flexibility index (Phi) is 8.86.